The van der Waals surface area contributed by atoms with Crippen LogP contribution in [0.15, 0.2) is 0 Å². The van der Waals surface area contributed by atoms with Crippen molar-refractivity contribution in [3.63, 3.8) is 0 Å². The normalized spacial score (nSPS) is 19.9. The first-order valence-corrected chi connectivity index (χ1v) is 7.95. The molecular weight excluding hydrogens is 290 g/mol. The molecule has 2 aliphatic heterocycles. The molecule has 2 saturated heterocycles. The summed E-state index contributed by atoms with van der Waals surface area (Å²) in [6, 6.07) is 0.244. The zero-order chi connectivity index (χ0) is 14.5. The van der Waals surface area contributed by atoms with Gasteiger partial charge < -0.3 is 15.5 Å². The first kappa shape index (κ1) is 18.2. The molecule has 0 aromatic rings. The summed E-state index contributed by atoms with van der Waals surface area (Å²) in [7, 11) is 0. The molecule has 2 amide bonds. The van der Waals surface area contributed by atoms with E-state index in [1.165, 1.54) is 0 Å². The number of nitrogens with one attached hydrogen (secondary N) is 2. The van der Waals surface area contributed by atoms with Gasteiger partial charge >= 0.3 is 0 Å². The van der Waals surface area contributed by atoms with E-state index in [4.69, 9.17) is 0 Å². The maximum Gasteiger partial charge on any atom is 0.225 e. The Hall–Kier alpha value is -0.810. The number of halogens is 1. The number of carbonyl (C=O) groups excluding carboxylic acids is 2. The fourth-order valence-corrected chi connectivity index (χ4v) is 2.93. The smallest absolute Gasteiger partial charge is 0.225 e. The maximum atomic E-state index is 12.3. The Morgan fingerprint density at radius 3 is 2.19 bits per heavy atom. The SMILES string of the molecule is CCC(CC)C(=O)N1CCC(NC(=O)C2CNC2)CC1.Cl. The molecular formula is C15H28ClN3O2. The predicted molar refractivity (Wildman–Crippen MR) is 85.4 cm³/mol. The number of likely N-dealkylation sites (tertiary alicyclic amines) is 1. The van der Waals surface area contributed by atoms with Crippen molar-refractivity contribution in [2.45, 2.75) is 45.6 Å². The first-order valence-electron chi connectivity index (χ1n) is 7.95. The van der Waals surface area contributed by atoms with Gasteiger partial charge in [0, 0.05) is 38.1 Å². The molecule has 0 aromatic carbocycles. The van der Waals surface area contributed by atoms with Crippen LogP contribution in [0.3, 0.4) is 0 Å². The highest BCUT2D eigenvalue weighted by atomic mass is 35.5. The molecule has 2 rings (SSSR count). The average molecular weight is 318 g/mol. The van der Waals surface area contributed by atoms with Gasteiger partial charge in [0.05, 0.1) is 5.92 Å². The standard InChI is InChI=1S/C15H27N3O2.ClH/c1-3-11(4-2)15(20)18-7-5-13(6-8-18)17-14(19)12-9-16-10-12;/h11-13,16H,3-10H2,1-2H3,(H,17,19);1H. The van der Waals surface area contributed by atoms with E-state index in [2.05, 4.69) is 24.5 Å². The summed E-state index contributed by atoms with van der Waals surface area (Å²) in [5.74, 6) is 0.790. The molecule has 0 bridgehead atoms. The number of nitrogens with zero attached hydrogens (tertiary/aromatic N) is 1. The van der Waals surface area contributed by atoms with Crippen LogP contribution in [0.4, 0.5) is 0 Å². The lowest BCUT2D eigenvalue weighted by Gasteiger charge is -2.35. The lowest BCUT2D eigenvalue weighted by atomic mass is 9.97. The second-order valence-electron chi connectivity index (χ2n) is 5.98. The second kappa shape index (κ2) is 8.59. The Labute approximate surface area is 133 Å². The number of carbonyl (C=O) groups is 2. The van der Waals surface area contributed by atoms with Gasteiger partial charge in [-0.15, -0.1) is 12.4 Å². The summed E-state index contributed by atoms with van der Waals surface area (Å²) in [5.41, 5.74) is 0. The maximum absolute atomic E-state index is 12.3. The van der Waals surface area contributed by atoms with Crippen LogP contribution in [0.1, 0.15) is 39.5 Å². The number of hydrogen-bond acceptors (Lipinski definition) is 3. The van der Waals surface area contributed by atoms with Gasteiger partial charge in [-0.1, -0.05) is 13.8 Å². The summed E-state index contributed by atoms with van der Waals surface area (Å²) in [5, 5.41) is 6.23. The third-order valence-electron chi connectivity index (χ3n) is 4.64. The molecule has 2 heterocycles. The van der Waals surface area contributed by atoms with Crippen molar-refractivity contribution in [1.29, 1.82) is 0 Å². The summed E-state index contributed by atoms with van der Waals surface area (Å²) in [4.78, 5) is 26.1. The van der Waals surface area contributed by atoms with Gasteiger partial charge in [0.2, 0.25) is 11.8 Å². The van der Waals surface area contributed by atoms with Gasteiger partial charge in [0.1, 0.15) is 0 Å². The minimum Gasteiger partial charge on any atom is -0.353 e. The van der Waals surface area contributed by atoms with Crippen molar-refractivity contribution in [1.82, 2.24) is 15.5 Å². The zero-order valence-corrected chi connectivity index (χ0v) is 13.9. The molecule has 2 N–H and O–H groups in total. The molecule has 0 spiro atoms. The molecule has 0 radical (unpaired) electrons. The van der Waals surface area contributed by atoms with E-state index >= 15 is 0 Å². The number of rotatable bonds is 5. The highest BCUT2D eigenvalue weighted by Gasteiger charge is 2.30. The van der Waals surface area contributed by atoms with Gasteiger partial charge in [-0.25, -0.2) is 0 Å². The Morgan fingerprint density at radius 2 is 1.76 bits per heavy atom. The molecule has 6 heteroatoms. The Balaban J connectivity index is 0.00000220. The molecule has 0 atom stereocenters. The van der Waals surface area contributed by atoms with Crippen LogP contribution in [0, 0.1) is 11.8 Å². The van der Waals surface area contributed by atoms with Crippen LogP contribution >= 0.6 is 12.4 Å². The van der Waals surface area contributed by atoms with Crippen molar-refractivity contribution in [2.75, 3.05) is 26.2 Å². The third kappa shape index (κ3) is 4.58. The Bertz CT molecular complexity index is 349. The van der Waals surface area contributed by atoms with E-state index in [1.54, 1.807) is 0 Å². The van der Waals surface area contributed by atoms with Gasteiger partial charge in [-0.3, -0.25) is 9.59 Å². The molecule has 0 aliphatic carbocycles. The van der Waals surface area contributed by atoms with Gasteiger partial charge in [0.15, 0.2) is 0 Å². The van der Waals surface area contributed by atoms with Gasteiger partial charge in [0.25, 0.3) is 0 Å². The van der Waals surface area contributed by atoms with E-state index in [0.717, 1.165) is 51.9 Å². The van der Waals surface area contributed by atoms with Crippen molar-refractivity contribution in [3.05, 3.63) is 0 Å². The Kier molecular flexibility index (Phi) is 7.46. The number of hydrogen-bond donors (Lipinski definition) is 2. The van der Waals surface area contributed by atoms with Crippen molar-refractivity contribution < 1.29 is 9.59 Å². The molecule has 2 fully saturated rings. The first-order chi connectivity index (χ1) is 9.65. The third-order valence-corrected chi connectivity index (χ3v) is 4.64. The molecule has 0 saturated carbocycles. The van der Waals surface area contributed by atoms with Crippen molar-refractivity contribution >= 4 is 24.2 Å². The second-order valence-corrected chi connectivity index (χ2v) is 5.98. The number of piperidine rings is 1. The van der Waals surface area contributed by atoms with Crippen LogP contribution in [-0.2, 0) is 9.59 Å². The largest absolute Gasteiger partial charge is 0.353 e. The summed E-state index contributed by atoms with van der Waals surface area (Å²) in [6.07, 6.45) is 3.61. The lowest BCUT2D eigenvalue weighted by molar-refractivity contribution is -0.137. The molecule has 21 heavy (non-hydrogen) atoms. The molecule has 5 nitrogen and oxygen atoms in total. The Morgan fingerprint density at radius 1 is 1.19 bits per heavy atom. The van der Waals surface area contributed by atoms with E-state index < -0.39 is 0 Å². The highest BCUT2D eigenvalue weighted by Crippen LogP contribution is 2.17. The van der Waals surface area contributed by atoms with E-state index in [9.17, 15) is 9.59 Å². The quantitative estimate of drug-likeness (QED) is 0.800. The summed E-state index contributed by atoms with van der Waals surface area (Å²) >= 11 is 0. The van der Waals surface area contributed by atoms with Crippen LogP contribution in [0.2, 0.25) is 0 Å². The van der Waals surface area contributed by atoms with E-state index in [-0.39, 0.29) is 36.2 Å². The fraction of sp³-hybridized carbons (Fsp3) is 0.867. The van der Waals surface area contributed by atoms with Crippen molar-refractivity contribution in [3.8, 4) is 0 Å². The van der Waals surface area contributed by atoms with E-state index in [0.29, 0.717) is 5.91 Å². The van der Waals surface area contributed by atoms with Gasteiger partial charge in [-0.05, 0) is 25.7 Å². The minimum atomic E-state index is 0. The lowest BCUT2D eigenvalue weighted by Crippen LogP contribution is -2.54. The zero-order valence-electron chi connectivity index (χ0n) is 13.1. The topological polar surface area (TPSA) is 61.4 Å². The molecule has 0 unspecified atom stereocenters. The fourth-order valence-electron chi connectivity index (χ4n) is 2.93. The van der Waals surface area contributed by atoms with Gasteiger partial charge in [-0.2, -0.15) is 0 Å². The summed E-state index contributed by atoms with van der Waals surface area (Å²) < 4.78 is 0. The van der Waals surface area contributed by atoms with Crippen molar-refractivity contribution in [2.24, 2.45) is 11.8 Å². The van der Waals surface area contributed by atoms with Crippen LogP contribution in [0.5, 0.6) is 0 Å². The molecule has 0 aromatic heterocycles. The highest BCUT2D eigenvalue weighted by molar-refractivity contribution is 5.85. The van der Waals surface area contributed by atoms with Crippen LogP contribution in [-0.4, -0.2) is 48.9 Å². The van der Waals surface area contributed by atoms with E-state index in [1.807, 2.05) is 4.90 Å². The number of amides is 2. The average Bonchev–Trinajstić information content (AvgIpc) is 2.38. The van der Waals surface area contributed by atoms with Crippen LogP contribution in [0.25, 0.3) is 0 Å². The predicted octanol–water partition coefficient (Wildman–Crippen LogP) is 1.17. The monoisotopic (exact) mass is 317 g/mol. The molecule has 2 aliphatic rings. The minimum absolute atomic E-state index is 0. The van der Waals surface area contributed by atoms with Crippen LogP contribution < -0.4 is 10.6 Å². The summed E-state index contributed by atoms with van der Waals surface area (Å²) in [6.45, 7) is 7.32. The molecule has 122 valence electrons.